The molecule has 7 heteroatoms. The number of amides is 1. The minimum Gasteiger partial charge on any atom is -0.482 e. The number of benzene rings is 2. The number of rotatable bonds is 5. The molecule has 0 aliphatic carbocycles. The molecule has 2 aromatic carbocycles. The van der Waals surface area contributed by atoms with Crippen LogP contribution in [0.1, 0.15) is 34.8 Å². The molecule has 1 saturated heterocycles. The summed E-state index contributed by atoms with van der Waals surface area (Å²) in [5.74, 6) is 0.626. The number of carboxylic acids is 1. The van der Waals surface area contributed by atoms with Gasteiger partial charge in [-0.15, -0.1) is 0 Å². The third-order valence-corrected chi connectivity index (χ3v) is 4.74. The van der Waals surface area contributed by atoms with Gasteiger partial charge in [0, 0.05) is 12.1 Å². The lowest BCUT2D eigenvalue weighted by atomic mass is 10.0. The van der Waals surface area contributed by atoms with Gasteiger partial charge in [-0.2, -0.15) is 0 Å². The second-order valence-electron chi connectivity index (χ2n) is 6.48. The van der Waals surface area contributed by atoms with Crippen molar-refractivity contribution in [3.8, 4) is 17.2 Å². The maximum absolute atomic E-state index is 13.1. The number of likely N-dealkylation sites (tertiary alicyclic amines) is 1. The first-order valence-corrected chi connectivity index (χ1v) is 8.77. The summed E-state index contributed by atoms with van der Waals surface area (Å²) in [6.07, 6.45) is 1.79. The summed E-state index contributed by atoms with van der Waals surface area (Å²) in [7, 11) is 0. The molecule has 7 nitrogen and oxygen atoms in total. The molecule has 1 atom stereocenters. The molecule has 140 valence electrons. The predicted octanol–water partition coefficient (Wildman–Crippen LogP) is 2.86. The highest BCUT2D eigenvalue weighted by Gasteiger charge is 2.31. The van der Waals surface area contributed by atoms with Crippen molar-refractivity contribution in [2.75, 3.05) is 19.9 Å². The Morgan fingerprint density at radius 3 is 2.85 bits per heavy atom. The number of aliphatic carboxylic acids is 1. The number of carbonyl (C=O) groups is 2. The Hall–Kier alpha value is -3.22. The van der Waals surface area contributed by atoms with Gasteiger partial charge >= 0.3 is 5.97 Å². The third-order valence-electron chi connectivity index (χ3n) is 4.74. The molecule has 1 N–H and O–H groups in total. The van der Waals surface area contributed by atoms with Crippen molar-refractivity contribution in [2.24, 2.45) is 0 Å². The van der Waals surface area contributed by atoms with Crippen molar-refractivity contribution in [1.82, 2.24) is 4.90 Å². The molecule has 4 rings (SSSR count). The molecule has 2 heterocycles. The maximum atomic E-state index is 13.1. The fraction of sp³-hybridized carbons (Fsp3) is 0.300. The fourth-order valence-corrected chi connectivity index (χ4v) is 3.51. The van der Waals surface area contributed by atoms with Crippen LogP contribution in [0.5, 0.6) is 17.2 Å². The zero-order valence-electron chi connectivity index (χ0n) is 14.6. The number of carboxylic acid groups (broad SMARTS) is 1. The molecule has 0 radical (unpaired) electrons. The number of ether oxygens (including phenoxy) is 3. The van der Waals surface area contributed by atoms with Gasteiger partial charge in [-0.05, 0) is 48.7 Å². The highest BCUT2D eigenvalue weighted by Crippen LogP contribution is 2.39. The zero-order chi connectivity index (χ0) is 18.8. The third kappa shape index (κ3) is 3.53. The van der Waals surface area contributed by atoms with E-state index in [2.05, 4.69) is 0 Å². The Kier molecular flexibility index (Phi) is 4.58. The second kappa shape index (κ2) is 7.19. The van der Waals surface area contributed by atoms with Crippen LogP contribution in [0.3, 0.4) is 0 Å². The minimum absolute atomic E-state index is 0.0319. The second-order valence-corrected chi connectivity index (χ2v) is 6.48. The Labute approximate surface area is 156 Å². The lowest BCUT2D eigenvalue weighted by Gasteiger charge is -2.25. The number of hydrogen-bond donors (Lipinski definition) is 1. The van der Waals surface area contributed by atoms with Gasteiger partial charge in [0.05, 0.1) is 6.04 Å². The van der Waals surface area contributed by atoms with E-state index in [1.807, 2.05) is 23.1 Å². The quantitative estimate of drug-likeness (QED) is 0.872. The Morgan fingerprint density at radius 2 is 2.00 bits per heavy atom. The largest absolute Gasteiger partial charge is 0.482 e. The number of nitrogens with zero attached hydrogens (tertiary/aromatic N) is 1. The Bertz CT molecular complexity index is 881. The van der Waals surface area contributed by atoms with E-state index in [1.54, 1.807) is 24.3 Å². The van der Waals surface area contributed by atoms with Gasteiger partial charge in [0.1, 0.15) is 5.75 Å². The van der Waals surface area contributed by atoms with E-state index in [9.17, 15) is 9.59 Å². The summed E-state index contributed by atoms with van der Waals surface area (Å²) in [5, 5.41) is 8.73. The van der Waals surface area contributed by atoms with Crippen LogP contribution < -0.4 is 14.2 Å². The first-order valence-electron chi connectivity index (χ1n) is 8.77. The van der Waals surface area contributed by atoms with Crippen LogP contribution >= 0.6 is 0 Å². The molecular weight excluding hydrogens is 350 g/mol. The number of fused-ring (bicyclic) bond motifs is 1. The van der Waals surface area contributed by atoms with Crippen LogP contribution in [-0.2, 0) is 4.79 Å². The van der Waals surface area contributed by atoms with E-state index in [0.29, 0.717) is 23.6 Å². The van der Waals surface area contributed by atoms with Gasteiger partial charge in [0.25, 0.3) is 5.91 Å². The summed E-state index contributed by atoms with van der Waals surface area (Å²) in [5.41, 5.74) is 1.49. The van der Waals surface area contributed by atoms with Crippen molar-refractivity contribution >= 4 is 11.9 Å². The summed E-state index contributed by atoms with van der Waals surface area (Å²) < 4.78 is 16.0. The first-order chi connectivity index (χ1) is 13.1. The molecule has 0 saturated carbocycles. The molecule has 1 amide bonds. The van der Waals surface area contributed by atoms with E-state index in [-0.39, 0.29) is 18.7 Å². The maximum Gasteiger partial charge on any atom is 0.341 e. The lowest BCUT2D eigenvalue weighted by Crippen LogP contribution is -2.30. The van der Waals surface area contributed by atoms with Crippen LogP contribution in [0.2, 0.25) is 0 Å². The van der Waals surface area contributed by atoms with Gasteiger partial charge in [0.2, 0.25) is 6.79 Å². The van der Waals surface area contributed by atoms with E-state index in [0.717, 1.165) is 24.2 Å². The monoisotopic (exact) mass is 369 g/mol. The van der Waals surface area contributed by atoms with Crippen LogP contribution in [0.15, 0.2) is 42.5 Å². The van der Waals surface area contributed by atoms with E-state index >= 15 is 0 Å². The summed E-state index contributed by atoms with van der Waals surface area (Å²) in [6.45, 7) is 0.439. The summed E-state index contributed by atoms with van der Waals surface area (Å²) in [6, 6.07) is 12.4. The average molecular weight is 369 g/mol. The van der Waals surface area contributed by atoms with Crippen LogP contribution in [-0.4, -0.2) is 41.8 Å². The van der Waals surface area contributed by atoms with Crippen molar-refractivity contribution in [3.63, 3.8) is 0 Å². The van der Waals surface area contributed by atoms with Crippen LogP contribution in [0.4, 0.5) is 0 Å². The first kappa shape index (κ1) is 17.2. The van der Waals surface area contributed by atoms with Gasteiger partial charge < -0.3 is 24.2 Å². The van der Waals surface area contributed by atoms with Crippen LogP contribution in [0.25, 0.3) is 0 Å². The normalized spacial score (nSPS) is 17.8. The summed E-state index contributed by atoms with van der Waals surface area (Å²) in [4.78, 5) is 25.6. The molecule has 27 heavy (non-hydrogen) atoms. The molecule has 0 spiro atoms. The zero-order valence-corrected chi connectivity index (χ0v) is 14.6. The molecule has 2 aliphatic rings. The molecule has 2 aliphatic heterocycles. The SMILES string of the molecule is O=C(O)COc1cccc(C(=O)N2CCCC2c2ccc3c(c2)OCO3)c1. The Morgan fingerprint density at radius 1 is 1.15 bits per heavy atom. The van der Waals surface area contributed by atoms with E-state index in [4.69, 9.17) is 19.3 Å². The smallest absolute Gasteiger partial charge is 0.341 e. The molecule has 2 aromatic rings. The fourth-order valence-electron chi connectivity index (χ4n) is 3.51. The molecule has 1 unspecified atom stereocenters. The minimum atomic E-state index is -1.06. The molecule has 0 bridgehead atoms. The van der Waals surface area contributed by atoms with Crippen molar-refractivity contribution in [3.05, 3.63) is 53.6 Å². The molecule has 0 aromatic heterocycles. The predicted molar refractivity (Wildman–Crippen MR) is 95.1 cm³/mol. The van der Waals surface area contributed by atoms with Gasteiger partial charge in [-0.3, -0.25) is 4.79 Å². The lowest BCUT2D eigenvalue weighted by molar-refractivity contribution is -0.139. The highest BCUT2D eigenvalue weighted by molar-refractivity contribution is 5.95. The standard InChI is InChI=1S/C20H19NO6/c22-19(23)11-25-15-4-1-3-14(9-15)20(24)21-8-2-5-16(21)13-6-7-17-18(10-13)27-12-26-17/h1,3-4,6-7,9-10,16H,2,5,8,11-12H2,(H,22,23). The van der Waals surface area contributed by atoms with Gasteiger partial charge in [-0.25, -0.2) is 4.79 Å². The van der Waals surface area contributed by atoms with E-state index < -0.39 is 12.6 Å². The number of hydrogen-bond acceptors (Lipinski definition) is 5. The topological polar surface area (TPSA) is 85.3 Å². The van der Waals surface area contributed by atoms with Crippen molar-refractivity contribution < 1.29 is 28.9 Å². The summed E-state index contributed by atoms with van der Waals surface area (Å²) >= 11 is 0. The van der Waals surface area contributed by atoms with Crippen LogP contribution in [0, 0.1) is 0 Å². The number of carbonyl (C=O) groups excluding carboxylic acids is 1. The highest BCUT2D eigenvalue weighted by atomic mass is 16.7. The van der Waals surface area contributed by atoms with Gasteiger partial charge in [0.15, 0.2) is 18.1 Å². The van der Waals surface area contributed by atoms with Gasteiger partial charge in [-0.1, -0.05) is 12.1 Å². The van der Waals surface area contributed by atoms with Crippen molar-refractivity contribution in [1.29, 1.82) is 0 Å². The van der Waals surface area contributed by atoms with Crippen molar-refractivity contribution in [2.45, 2.75) is 18.9 Å². The Balaban J connectivity index is 1.54. The molecular formula is C20H19NO6. The van der Waals surface area contributed by atoms with E-state index in [1.165, 1.54) is 0 Å². The average Bonchev–Trinajstić information content (AvgIpc) is 3.34. The molecule has 1 fully saturated rings.